The summed E-state index contributed by atoms with van der Waals surface area (Å²) in [5.41, 5.74) is -0.514. The molecule has 1 atom stereocenters. The molecule has 0 radical (unpaired) electrons. The number of rotatable bonds is 3. The van der Waals surface area contributed by atoms with Crippen molar-refractivity contribution in [3.05, 3.63) is 0 Å². The molecule has 1 unspecified atom stereocenters. The Bertz CT molecular complexity index is 248. The topological polar surface area (TPSA) is 38.3 Å². The van der Waals surface area contributed by atoms with Crippen LogP contribution in [0.2, 0.25) is 0 Å². The maximum atomic E-state index is 12.0. The molecule has 3 nitrogen and oxygen atoms in total. The second kappa shape index (κ2) is 4.12. The predicted molar refractivity (Wildman–Crippen MR) is 60.7 cm³/mol. The zero-order valence-electron chi connectivity index (χ0n) is 10.5. The van der Waals surface area contributed by atoms with Crippen LogP contribution in [-0.2, 0) is 9.53 Å². The smallest absolute Gasteiger partial charge is 0.326 e. The van der Waals surface area contributed by atoms with Crippen molar-refractivity contribution in [2.45, 2.75) is 58.5 Å². The molecular weight excluding hydrogens is 190 g/mol. The fraction of sp³-hybridized carbons (Fsp3) is 0.917. The zero-order chi connectivity index (χ0) is 11.7. The Morgan fingerprint density at radius 1 is 1.33 bits per heavy atom. The molecule has 1 saturated carbocycles. The molecule has 0 saturated heterocycles. The van der Waals surface area contributed by atoms with Crippen molar-refractivity contribution in [1.29, 1.82) is 0 Å². The van der Waals surface area contributed by atoms with Crippen LogP contribution in [0, 0.1) is 5.41 Å². The van der Waals surface area contributed by atoms with Crippen LogP contribution in [0.5, 0.6) is 0 Å². The molecule has 88 valence electrons. The van der Waals surface area contributed by atoms with Crippen LogP contribution in [0.25, 0.3) is 0 Å². The van der Waals surface area contributed by atoms with Crippen molar-refractivity contribution < 1.29 is 9.53 Å². The molecule has 0 bridgehead atoms. The van der Waals surface area contributed by atoms with Gasteiger partial charge >= 0.3 is 5.97 Å². The number of hydrogen-bond donors (Lipinski definition) is 1. The van der Waals surface area contributed by atoms with E-state index in [1.807, 2.05) is 0 Å². The van der Waals surface area contributed by atoms with E-state index in [9.17, 15) is 4.79 Å². The summed E-state index contributed by atoms with van der Waals surface area (Å²) in [6, 6.07) is 0.293. The molecule has 15 heavy (non-hydrogen) atoms. The van der Waals surface area contributed by atoms with Gasteiger partial charge in [-0.2, -0.15) is 0 Å². The van der Waals surface area contributed by atoms with Crippen LogP contribution in [0.4, 0.5) is 0 Å². The molecule has 1 rings (SSSR count). The van der Waals surface area contributed by atoms with E-state index in [1.54, 1.807) is 0 Å². The Labute approximate surface area is 92.6 Å². The molecular formula is C12H23NO2. The van der Waals surface area contributed by atoms with Gasteiger partial charge in [0.15, 0.2) is 0 Å². The van der Waals surface area contributed by atoms with Gasteiger partial charge in [0.25, 0.3) is 0 Å². The molecule has 0 amide bonds. The van der Waals surface area contributed by atoms with Crippen molar-refractivity contribution in [3.8, 4) is 0 Å². The Balaban J connectivity index is 3.01. The van der Waals surface area contributed by atoms with Crippen LogP contribution >= 0.6 is 0 Å². The third-order valence-corrected chi connectivity index (χ3v) is 3.58. The van der Waals surface area contributed by atoms with E-state index in [4.69, 9.17) is 4.74 Å². The molecule has 0 aromatic heterocycles. The zero-order valence-corrected chi connectivity index (χ0v) is 10.5. The maximum absolute atomic E-state index is 12.0. The summed E-state index contributed by atoms with van der Waals surface area (Å²) < 4.78 is 4.97. The molecule has 0 aliphatic heterocycles. The lowest BCUT2D eigenvalue weighted by Crippen LogP contribution is -2.61. The van der Waals surface area contributed by atoms with E-state index >= 15 is 0 Å². The first-order valence-electron chi connectivity index (χ1n) is 5.72. The molecule has 0 aromatic carbocycles. The lowest BCUT2D eigenvalue weighted by Gasteiger charge is -2.41. The van der Waals surface area contributed by atoms with Crippen LogP contribution in [0.3, 0.4) is 0 Å². The number of carbonyl (C=O) groups excluding carboxylic acids is 1. The molecule has 1 N–H and O–H groups in total. The molecule has 0 aromatic rings. The van der Waals surface area contributed by atoms with Gasteiger partial charge in [-0.3, -0.25) is 10.1 Å². The number of hydrogen-bond acceptors (Lipinski definition) is 3. The average Bonchev–Trinajstić information content (AvgIpc) is 2.41. The standard InChI is InChI=1S/C12H23NO2/c1-9(2)13-12(10(14)15-5)8-6-7-11(12,3)4/h9,13H,6-8H2,1-5H3. The highest BCUT2D eigenvalue weighted by atomic mass is 16.5. The molecule has 1 fully saturated rings. The number of ether oxygens (including phenoxy) is 1. The largest absolute Gasteiger partial charge is 0.468 e. The molecule has 1 aliphatic rings. The minimum absolute atomic E-state index is 0.0234. The predicted octanol–water partition coefficient (Wildman–Crippen LogP) is 2.11. The number of methoxy groups -OCH3 is 1. The van der Waals surface area contributed by atoms with E-state index in [0.29, 0.717) is 6.04 Å². The van der Waals surface area contributed by atoms with Crippen molar-refractivity contribution in [2.75, 3.05) is 7.11 Å². The van der Waals surface area contributed by atoms with Crippen LogP contribution in [0.15, 0.2) is 0 Å². The third kappa shape index (κ3) is 2.03. The molecule has 0 spiro atoms. The van der Waals surface area contributed by atoms with Crippen LogP contribution < -0.4 is 5.32 Å². The average molecular weight is 213 g/mol. The van der Waals surface area contributed by atoms with Gasteiger partial charge in [-0.15, -0.1) is 0 Å². The number of esters is 1. The van der Waals surface area contributed by atoms with Crippen LogP contribution in [-0.4, -0.2) is 24.7 Å². The lowest BCUT2D eigenvalue weighted by molar-refractivity contribution is -0.153. The van der Waals surface area contributed by atoms with Gasteiger partial charge in [0.1, 0.15) is 5.54 Å². The highest BCUT2D eigenvalue weighted by molar-refractivity contribution is 5.82. The summed E-state index contributed by atoms with van der Waals surface area (Å²) >= 11 is 0. The Hall–Kier alpha value is -0.570. The Morgan fingerprint density at radius 3 is 2.27 bits per heavy atom. The fourth-order valence-corrected chi connectivity index (χ4v) is 2.72. The third-order valence-electron chi connectivity index (χ3n) is 3.58. The molecule has 0 heterocycles. The summed E-state index contributed by atoms with van der Waals surface area (Å²) in [6.45, 7) is 8.43. The highest BCUT2D eigenvalue weighted by Gasteiger charge is 2.55. The van der Waals surface area contributed by atoms with Crippen molar-refractivity contribution in [3.63, 3.8) is 0 Å². The number of nitrogens with one attached hydrogen (secondary N) is 1. The van der Waals surface area contributed by atoms with Gasteiger partial charge in [0, 0.05) is 6.04 Å². The van der Waals surface area contributed by atoms with Crippen LogP contribution in [0.1, 0.15) is 47.0 Å². The van der Waals surface area contributed by atoms with Gasteiger partial charge in [0.05, 0.1) is 7.11 Å². The summed E-state index contributed by atoms with van der Waals surface area (Å²) in [6.07, 6.45) is 3.04. The molecule has 3 heteroatoms. The van der Waals surface area contributed by atoms with Crippen molar-refractivity contribution >= 4 is 5.97 Å². The second-order valence-electron chi connectivity index (χ2n) is 5.43. The minimum atomic E-state index is -0.490. The Morgan fingerprint density at radius 2 is 1.93 bits per heavy atom. The quantitative estimate of drug-likeness (QED) is 0.730. The SMILES string of the molecule is COC(=O)C1(NC(C)C)CCCC1(C)C. The first-order valence-corrected chi connectivity index (χ1v) is 5.72. The first kappa shape index (κ1) is 12.5. The van der Waals surface area contributed by atoms with Gasteiger partial charge < -0.3 is 4.74 Å². The van der Waals surface area contributed by atoms with E-state index in [2.05, 4.69) is 33.0 Å². The van der Waals surface area contributed by atoms with Crippen molar-refractivity contribution in [2.24, 2.45) is 5.41 Å². The minimum Gasteiger partial charge on any atom is -0.468 e. The normalized spacial score (nSPS) is 29.5. The van der Waals surface area contributed by atoms with E-state index in [1.165, 1.54) is 7.11 Å². The van der Waals surface area contributed by atoms with E-state index in [0.717, 1.165) is 19.3 Å². The molecule has 1 aliphatic carbocycles. The second-order valence-corrected chi connectivity index (χ2v) is 5.43. The van der Waals surface area contributed by atoms with Gasteiger partial charge in [0.2, 0.25) is 0 Å². The summed E-state index contributed by atoms with van der Waals surface area (Å²) in [5.74, 6) is -0.112. The van der Waals surface area contributed by atoms with Gasteiger partial charge in [-0.05, 0) is 32.1 Å². The summed E-state index contributed by atoms with van der Waals surface area (Å²) in [7, 11) is 1.47. The summed E-state index contributed by atoms with van der Waals surface area (Å²) in [5, 5.41) is 3.42. The summed E-state index contributed by atoms with van der Waals surface area (Å²) in [4.78, 5) is 12.0. The van der Waals surface area contributed by atoms with E-state index in [-0.39, 0.29) is 11.4 Å². The van der Waals surface area contributed by atoms with Gasteiger partial charge in [-0.25, -0.2) is 0 Å². The fourth-order valence-electron chi connectivity index (χ4n) is 2.72. The maximum Gasteiger partial charge on any atom is 0.326 e. The Kier molecular flexibility index (Phi) is 3.44. The first-order chi connectivity index (χ1) is 6.85. The monoisotopic (exact) mass is 213 g/mol. The number of carbonyl (C=O) groups is 1. The highest BCUT2D eigenvalue weighted by Crippen LogP contribution is 2.46. The lowest BCUT2D eigenvalue weighted by atomic mass is 9.74. The van der Waals surface area contributed by atoms with Gasteiger partial charge in [-0.1, -0.05) is 20.3 Å². The van der Waals surface area contributed by atoms with Crippen molar-refractivity contribution in [1.82, 2.24) is 5.32 Å². The van der Waals surface area contributed by atoms with E-state index < -0.39 is 5.54 Å².